The van der Waals surface area contributed by atoms with Gasteiger partial charge in [-0.25, -0.2) is 9.18 Å². The van der Waals surface area contributed by atoms with Crippen molar-refractivity contribution in [3.8, 4) is 11.3 Å². The fourth-order valence-corrected chi connectivity index (χ4v) is 3.27. The number of nitrogens with one attached hydrogen (secondary N) is 1. The molecule has 0 unspecified atom stereocenters. The summed E-state index contributed by atoms with van der Waals surface area (Å²) in [6.07, 6.45) is 0.843. The highest BCUT2D eigenvalue weighted by Gasteiger charge is 2.25. The second-order valence-corrected chi connectivity index (χ2v) is 6.21. The topological polar surface area (TPSA) is 51.5 Å². The van der Waals surface area contributed by atoms with Gasteiger partial charge in [-0.3, -0.25) is 0 Å². The lowest BCUT2D eigenvalue weighted by Gasteiger charge is -2.19. The molecule has 0 bridgehead atoms. The van der Waals surface area contributed by atoms with Crippen molar-refractivity contribution in [3.05, 3.63) is 59.9 Å². The number of hydrogen-bond acceptors (Lipinski definition) is 4. The molecule has 0 amide bonds. The lowest BCUT2D eigenvalue weighted by molar-refractivity contribution is 0.0529. The normalized spacial score (nSPS) is 13.4. The van der Waals surface area contributed by atoms with E-state index in [0.29, 0.717) is 27.9 Å². The van der Waals surface area contributed by atoms with Crippen LogP contribution in [-0.4, -0.2) is 19.1 Å². The Morgan fingerprint density at radius 3 is 2.81 bits per heavy atom. The van der Waals surface area contributed by atoms with Crippen LogP contribution in [0.15, 0.2) is 47.4 Å². The molecule has 5 heteroatoms. The molecule has 1 N–H and O–H groups in total. The number of rotatable bonds is 3. The van der Waals surface area contributed by atoms with E-state index in [1.165, 1.54) is 12.1 Å². The SMILES string of the molecule is C=C1CCNc2cc3oc(-c4ccc(F)cc4)c(C(=O)OCC)c3cc21. The number of esters is 1. The van der Waals surface area contributed by atoms with Crippen LogP contribution in [0.3, 0.4) is 0 Å². The van der Waals surface area contributed by atoms with Crippen LogP contribution < -0.4 is 5.32 Å². The van der Waals surface area contributed by atoms with Crippen LogP contribution in [0, 0.1) is 5.82 Å². The number of halogens is 1. The monoisotopic (exact) mass is 351 g/mol. The number of furan rings is 1. The predicted octanol–water partition coefficient (Wildman–Crippen LogP) is 5.24. The van der Waals surface area contributed by atoms with Gasteiger partial charge in [-0.15, -0.1) is 0 Å². The zero-order chi connectivity index (χ0) is 18.3. The molecular weight excluding hydrogens is 333 g/mol. The van der Waals surface area contributed by atoms with Gasteiger partial charge < -0.3 is 14.5 Å². The quantitative estimate of drug-likeness (QED) is 0.655. The number of carbonyl (C=O) groups excluding carboxylic acids is 1. The van der Waals surface area contributed by atoms with Crippen LogP contribution in [0.1, 0.15) is 29.3 Å². The molecule has 26 heavy (non-hydrogen) atoms. The van der Waals surface area contributed by atoms with Crippen molar-refractivity contribution in [3.63, 3.8) is 0 Å². The Balaban J connectivity index is 1.98. The molecule has 4 rings (SSSR count). The minimum absolute atomic E-state index is 0.258. The maximum atomic E-state index is 13.3. The summed E-state index contributed by atoms with van der Waals surface area (Å²) in [4.78, 5) is 12.6. The molecule has 0 aliphatic carbocycles. The van der Waals surface area contributed by atoms with E-state index < -0.39 is 5.97 Å². The minimum Gasteiger partial charge on any atom is -0.462 e. The lowest BCUT2D eigenvalue weighted by atomic mass is 9.95. The Morgan fingerprint density at radius 2 is 2.08 bits per heavy atom. The van der Waals surface area contributed by atoms with Gasteiger partial charge in [0, 0.05) is 34.8 Å². The molecule has 2 heterocycles. The number of fused-ring (bicyclic) bond motifs is 2. The molecule has 132 valence electrons. The van der Waals surface area contributed by atoms with Gasteiger partial charge in [0.15, 0.2) is 0 Å². The summed E-state index contributed by atoms with van der Waals surface area (Å²) in [6.45, 7) is 6.95. The van der Waals surface area contributed by atoms with Crippen molar-refractivity contribution < 1.29 is 18.3 Å². The van der Waals surface area contributed by atoms with Crippen molar-refractivity contribution in [2.24, 2.45) is 0 Å². The van der Waals surface area contributed by atoms with Crippen molar-refractivity contribution in [1.82, 2.24) is 0 Å². The Hall–Kier alpha value is -3.08. The molecule has 4 nitrogen and oxygen atoms in total. The summed E-state index contributed by atoms with van der Waals surface area (Å²) in [5, 5.41) is 4.00. The van der Waals surface area contributed by atoms with Gasteiger partial charge in [0.2, 0.25) is 0 Å². The zero-order valence-corrected chi connectivity index (χ0v) is 14.4. The maximum Gasteiger partial charge on any atom is 0.342 e. The first-order valence-electron chi connectivity index (χ1n) is 8.54. The minimum atomic E-state index is -0.458. The summed E-state index contributed by atoms with van der Waals surface area (Å²) in [7, 11) is 0. The van der Waals surface area contributed by atoms with Crippen molar-refractivity contribution in [2.75, 3.05) is 18.5 Å². The standard InChI is InChI=1S/C21H18FNO3/c1-3-25-21(24)19-16-10-15-12(2)8-9-23-17(15)11-18(16)26-20(19)13-4-6-14(22)7-5-13/h4-7,10-11,23H,2-3,8-9H2,1H3. The molecule has 1 aliphatic heterocycles. The summed E-state index contributed by atoms with van der Waals surface area (Å²) >= 11 is 0. The Labute approximate surface area is 150 Å². The predicted molar refractivity (Wildman–Crippen MR) is 99.7 cm³/mol. The van der Waals surface area contributed by atoms with Crippen molar-refractivity contribution in [2.45, 2.75) is 13.3 Å². The summed E-state index contributed by atoms with van der Waals surface area (Å²) < 4.78 is 24.5. The maximum absolute atomic E-state index is 13.3. The van der Waals surface area contributed by atoms with Crippen LogP contribution >= 0.6 is 0 Å². The summed E-state index contributed by atoms with van der Waals surface area (Å²) in [6, 6.07) is 9.66. The first-order chi connectivity index (χ1) is 12.6. The molecule has 0 saturated heterocycles. The smallest absolute Gasteiger partial charge is 0.342 e. The molecule has 0 fully saturated rings. The zero-order valence-electron chi connectivity index (χ0n) is 14.4. The molecule has 1 aliphatic rings. The average molecular weight is 351 g/mol. The highest BCUT2D eigenvalue weighted by atomic mass is 19.1. The number of ether oxygens (including phenoxy) is 1. The Morgan fingerprint density at radius 1 is 1.31 bits per heavy atom. The number of carbonyl (C=O) groups is 1. The second kappa shape index (κ2) is 6.33. The van der Waals surface area contributed by atoms with E-state index in [4.69, 9.17) is 9.15 Å². The molecule has 3 aromatic rings. The van der Waals surface area contributed by atoms with E-state index >= 15 is 0 Å². The molecular formula is C21H18FNO3. The van der Waals surface area contributed by atoms with E-state index in [2.05, 4.69) is 11.9 Å². The number of anilines is 1. The molecule has 2 aromatic carbocycles. The van der Waals surface area contributed by atoms with E-state index in [0.717, 1.165) is 29.8 Å². The Bertz CT molecular complexity index is 1020. The van der Waals surface area contributed by atoms with Gasteiger partial charge in [0.05, 0.1) is 6.61 Å². The van der Waals surface area contributed by atoms with Crippen LogP contribution in [0.4, 0.5) is 10.1 Å². The number of hydrogen-bond donors (Lipinski definition) is 1. The highest BCUT2D eigenvalue weighted by molar-refractivity contribution is 6.10. The van der Waals surface area contributed by atoms with Gasteiger partial charge in [-0.05, 0) is 49.2 Å². The number of benzene rings is 2. The van der Waals surface area contributed by atoms with E-state index in [-0.39, 0.29) is 12.4 Å². The van der Waals surface area contributed by atoms with Crippen LogP contribution in [0.25, 0.3) is 27.9 Å². The molecule has 0 saturated carbocycles. The third-order valence-electron chi connectivity index (χ3n) is 4.54. The van der Waals surface area contributed by atoms with Crippen molar-refractivity contribution >= 4 is 28.2 Å². The Kier molecular flexibility index (Phi) is 3.99. The highest BCUT2D eigenvalue weighted by Crippen LogP contribution is 2.40. The van der Waals surface area contributed by atoms with Gasteiger partial charge in [-0.2, -0.15) is 0 Å². The third kappa shape index (κ3) is 2.65. The fourth-order valence-electron chi connectivity index (χ4n) is 3.27. The van der Waals surface area contributed by atoms with E-state index in [1.807, 2.05) is 12.1 Å². The van der Waals surface area contributed by atoms with Gasteiger partial charge in [0.1, 0.15) is 22.7 Å². The summed E-state index contributed by atoms with van der Waals surface area (Å²) in [5.41, 5.74) is 4.47. The summed E-state index contributed by atoms with van der Waals surface area (Å²) in [5.74, 6) is -0.426. The van der Waals surface area contributed by atoms with E-state index in [9.17, 15) is 9.18 Å². The largest absolute Gasteiger partial charge is 0.462 e. The van der Waals surface area contributed by atoms with Crippen LogP contribution in [-0.2, 0) is 4.74 Å². The van der Waals surface area contributed by atoms with Gasteiger partial charge in [-0.1, -0.05) is 6.58 Å². The first kappa shape index (κ1) is 16.4. The molecule has 0 radical (unpaired) electrons. The molecule has 1 aromatic heterocycles. The average Bonchev–Trinajstić information content (AvgIpc) is 3.00. The van der Waals surface area contributed by atoms with Gasteiger partial charge >= 0.3 is 5.97 Å². The first-order valence-corrected chi connectivity index (χ1v) is 8.54. The third-order valence-corrected chi connectivity index (χ3v) is 4.54. The van der Waals surface area contributed by atoms with E-state index in [1.54, 1.807) is 19.1 Å². The van der Waals surface area contributed by atoms with Crippen LogP contribution in [0.5, 0.6) is 0 Å². The van der Waals surface area contributed by atoms with Crippen molar-refractivity contribution in [1.29, 1.82) is 0 Å². The fraction of sp³-hybridized carbons (Fsp3) is 0.190. The second-order valence-electron chi connectivity index (χ2n) is 6.21. The lowest BCUT2D eigenvalue weighted by Crippen LogP contribution is -2.10. The molecule has 0 spiro atoms. The van der Waals surface area contributed by atoms with Crippen LogP contribution in [0.2, 0.25) is 0 Å². The van der Waals surface area contributed by atoms with Gasteiger partial charge in [0.25, 0.3) is 0 Å². The molecule has 0 atom stereocenters.